The highest BCUT2D eigenvalue weighted by Crippen LogP contribution is 2.25. The monoisotopic (exact) mass is 449 g/mol. The molecule has 1 aromatic carbocycles. The third kappa shape index (κ3) is 4.01. The molecule has 0 unspecified atom stereocenters. The molecule has 0 atom stereocenters. The fourth-order valence-corrected chi connectivity index (χ4v) is 2.31. The molecule has 0 aliphatic heterocycles. The largest absolute Gasteiger partial charge is 0.377 e. The Morgan fingerprint density at radius 1 is 1.30 bits per heavy atom. The minimum absolute atomic E-state index is 0.322. The Balaban J connectivity index is 2.27. The van der Waals surface area contributed by atoms with Crippen LogP contribution in [0.4, 0.5) is 17.3 Å². The van der Waals surface area contributed by atoms with Crippen molar-refractivity contribution in [3.8, 4) is 0 Å². The van der Waals surface area contributed by atoms with Crippen LogP contribution in [0.5, 0.6) is 0 Å². The lowest BCUT2D eigenvalue weighted by Gasteiger charge is -2.10. The Kier molecular flexibility index (Phi) is 5.52. The van der Waals surface area contributed by atoms with Crippen molar-refractivity contribution < 1.29 is 4.74 Å². The van der Waals surface area contributed by atoms with Gasteiger partial charge in [0, 0.05) is 26.9 Å². The number of nitrogen functional groups attached to an aromatic ring is 1. The van der Waals surface area contributed by atoms with Crippen molar-refractivity contribution >= 4 is 55.8 Å². The first-order valence-corrected chi connectivity index (χ1v) is 7.55. The van der Waals surface area contributed by atoms with Gasteiger partial charge in [-0.05, 0) is 56.7 Å². The molecule has 4 N–H and O–H groups in total. The number of hydrogen-bond acceptors (Lipinski definition) is 6. The van der Waals surface area contributed by atoms with E-state index in [0.29, 0.717) is 24.1 Å². The zero-order chi connectivity index (χ0) is 14.5. The summed E-state index contributed by atoms with van der Waals surface area (Å²) in [6.45, 7) is 0.322. The lowest BCUT2D eigenvalue weighted by Crippen LogP contribution is -2.11. The standard InChI is InChI=1S/C12H13BrIN5O/c1-20-6-12-17-10(5-11(18-12)19-15)16-7-2-3-8(13)9(14)4-7/h2-5H,6,15H2,1H3,(H2,16,17,18,19). The SMILES string of the molecule is COCc1nc(NN)cc(Nc2ccc(Br)c(I)c2)n1. The molecule has 106 valence electrons. The average molecular weight is 450 g/mol. The quantitative estimate of drug-likeness (QED) is 0.369. The van der Waals surface area contributed by atoms with Crippen LogP contribution in [0.15, 0.2) is 28.7 Å². The predicted molar refractivity (Wildman–Crippen MR) is 90.7 cm³/mol. The summed E-state index contributed by atoms with van der Waals surface area (Å²) in [7, 11) is 1.59. The summed E-state index contributed by atoms with van der Waals surface area (Å²) in [6.07, 6.45) is 0. The zero-order valence-corrected chi connectivity index (χ0v) is 14.4. The maximum Gasteiger partial charge on any atom is 0.158 e. The molecule has 0 saturated carbocycles. The van der Waals surface area contributed by atoms with Gasteiger partial charge < -0.3 is 15.5 Å². The normalized spacial score (nSPS) is 10.4. The van der Waals surface area contributed by atoms with Crippen LogP contribution in [0.3, 0.4) is 0 Å². The zero-order valence-electron chi connectivity index (χ0n) is 10.7. The third-order valence-electron chi connectivity index (χ3n) is 2.39. The number of nitrogens with two attached hydrogens (primary N) is 1. The van der Waals surface area contributed by atoms with E-state index < -0.39 is 0 Å². The minimum Gasteiger partial charge on any atom is -0.377 e. The smallest absolute Gasteiger partial charge is 0.158 e. The van der Waals surface area contributed by atoms with Crippen LogP contribution < -0.4 is 16.6 Å². The molecule has 0 radical (unpaired) electrons. The molecule has 20 heavy (non-hydrogen) atoms. The second-order valence-electron chi connectivity index (χ2n) is 3.89. The highest BCUT2D eigenvalue weighted by Gasteiger charge is 2.05. The molecular formula is C12H13BrIN5O. The lowest BCUT2D eigenvalue weighted by molar-refractivity contribution is 0.178. The van der Waals surface area contributed by atoms with Gasteiger partial charge in [-0.3, -0.25) is 0 Å². The van der Waals surface area contributed by atoms with Gasteiger partial charge in [-0.25, -0.2) is 15.8 Å². The van der Waals surface area contributed by atoms with Crippen LogP contribution in [0.1, 0.15) is 5.82 Å². The van der Waals surface area contributed by atoms with E-state index >= 15 is 0 Å². The van der Waals surface area contributed by atoms with Gasteiger partial charge in [-0.2, -0.15) is 0 Å². The highest BCUT2D eigenvalue weighted by molar-refractivity contribution is 14.1. The van der Waals surface area contributed by atoms with Crippen LogP contribution in [-0.4, -0.2) is 17.1 Å². The number of benzene rings is 1. The number of anilines is 3. The number of ether oxygens (including phenoxy) is 1. The molecule has 0 fully saturated rings. The summed E-state index contributed by atoms with van der Waals surface area (Å²) < 4.78 is 7.20. The summed E-state index contributed by atoms with van der Waals surface area (Å²) in [5.74, 6) is 7.14. The fraction of sp³-hybridized carbons (Fsp3) is 0.167. The first kappa shape index (κ1) is 15.4. The second kappa shape index (κ2) is 7.16. The topological polar surface area (TPSA) is 85.1 Å². The van der Waals surface area contributed by atoms with Crippen LogP contribution in [0, 0.1) is 3.57 Å². The first-order chi connectivity index (χ1) is 9.62. The summed E-state index contributed by atoms with van der Waals surface area (Å²) in [5, 5.41) is 3.22. The minimum atomic E-state index is 0.322. The maximum atomic E-state index is 5.40. The Bertz CT molecular complexity index is 610. The predicted octanol–water partition coefficient (Wildman–Crippen LogP) is 3.02. The number of hydrazine groups is 1. The van der Waals surface area contributed by atoms with E-state index in [4.69, 9.17) is 10.6 Å². The van der Waals surface area contributed by atoms with Crippen LogP contribution in [-0.2, 0) is 11.3 Å². The Labute approximate surface area is 138 Å². The van der Waals surface area contributed by atoms with Gasteiger partial charge in [0.05, 0.1) is 0 Å². The molecule has 2 rings (SSSR count). The van der Waals surface area contributed by atoms with Crippen molar-refractivity contribution in [3.63, 3.8) is 0 Å². The molecule has 1 heterocycles. The van der Waals surface area contributed by atoms with Crippen molar-refractivity contribution in [1.29, 1.82) is 0 Å². The van der Waals surface area contributed by atoms with E-state index in [9.17, 15) is 0 Å². The summed E-state index contributed by atoms with van der Waals surface area (Å²) in [6, 6.07) is 7.68. The first-order valence-electron chi connectivity index (χ1n) is 5.68. The highest BCUT2D eigenvalue weighted by atomic mass is 127. The molecule has 2 aromatic rings. The molecule has 1 aromatic heterocycles. The van der Waals surface area contributed by atoms with E-state index in [-0.39, 0.29) is 0 Å². The number of rotatable bonds is 5. The van der Waals surface area contributed by atoms with Gasteiger partial charge in [0.1, 0.15) is 18.2 Å². The Morgan fingerprint density at radius 3 is 2.70 bits per heavy atom. The molecule has 0 amide bonds. The van der Waals surface area contributed by atoms with E-state index in [1.165, 1.54) is 0 Å². The molecule has 6 nitrogen and oxygen atoms in total. The van der Waals surface area contributed by atoms with Gasteiger partial charge >= 0.3 is 0 Å². The van der Waals surface area contributed by atoms with E-state index in [1.54, 1.807) is 13.2 Å². The Hall–Kier alpha value is -0.970. The number of halogens is 2. The summed E-state index contributed by atoms with van der Waals surface area (Å²) in [4.78, 5) is 8.56. The second-order valence-corrected chi connectivity index (χ2v) is 5.90. The van der Waals surface area contributed by atoms with Crippen molar-refractivity contribution in [2.45, 2.75) is 6.61 Å². The molecule has 8 heteroatoms. The van der Waals surface area contributed by atoms with Gasteiger partial charge in [0.25, 0.3) is 0 Å². The van der Waals surface area contributed by atoms with Crippen molar-refractivity contribution in [2.75, 3.05) is 17.9 Å². The summed E-state index contributed by atoms with van der Waals surface area (Å²) in [5.41, 5.74) is 3.45. The lowest BCUT2D eigenvalue weighted by atomic mass is 10.3. The molecular weight excluding hydrogens is 437 g/mol. The van der Waals surface area contributed by atoms with Crippen molar-refractivity contribution in [1.82, 2.24) is 9.97 Å². The van der Waals surface area contributed by atoms with E-state index in [0.717, 1.165) is 13.7 Å². The molecule has 0 saturated heterocycles. The van der Waals surface area contributed by atoms with Crippen molar-refractivity contribution in [2.24, 2.45) is 5.84 Å². The van der Waals surface area contributed by atoms with Gasteiger partial charge in [0.15, 0.2) is 5.82 Å². The molecule has 0 bridgehead atoms. The Morgan fingerprint density at radius 2 is 2.05 bits per heavy atom. The van der Waals surface area contributed by atoms with Gasteiger partial charge in [-0.1, -0.05) is 0 Å². The number of nitrogens with one attached hydrogen (secondary N) is 2. The number of aromatic nitrogens is 2. The van der Waals surface area contributed by atoms with Gasteiger partial charge in [0.2, 0.25) is 0 Å². The average Bonchev–Trinajstić information content (AvgIpc) is 2.43. The van der Waals surface area contributed by atoms with Crippen LogP contribution in [0.2, 0.25) is 0 Å². The number of hydrogen-bond donors (Lipinski definition) is 3. The number of nitrogens with zero attached hydrogens (tertiary/aromatic N) is 2. The summed E-state index contributed by atoms with van der Waals surface area (Å²) >= 11 is 5.72. The number of methoxy groups -OCH3 is 1. The molecule has 0 spiro atoms. The molecule has 0 aliphatic carbocycles. The maximum absolute atomic E-state index is 5.40. The van der Waals surface area contributed by atoms with Gasteiger partial charge in [-0.15, -0.1) is 0 Å². The molecule has 0 aliphatic rings. The fourth-order valence-electron chi connectivity index (χ4n) is 1.55. The van der Waals surface area contributed by atoms with Crippen LogP contribution in [0.25, 0.3) is 0 Å². The van der Waals surface area contributed by atoms with Crippen molar-refractivity contribution in [3.05, 3.63) is 38.1 Å². The van der Waals surface area contributed by atoms with E-state index in [1.807, 2.05) is 18.2 Å². The van der Waals surface area contributed by atoms with Crippen LogP contribution >= 0.6 is 38.5 Å². The van der Waals surface area contributed by atoms with E-state index in [2.05, 4.69) is 59.2 Å². The third-order valence-corrected chi connectivity index (χ3v) is 4.71.